The van der Waals surface area contributed by atoms with Crippen molar-refractivity contribution in [3.63, 3.8) is 0 Å². The molecule has 0 saturated carbocycles. The lowest BCUT2D eigenvalue weighted by Crippen LogP contribution is -2.31. The summed E-state index contributed by atoms with van der Waals surface area (Å²) in [5.74, 6) is 0. The molecule has 0 aliphatic carbocycles. The van der Waals surface area contributed by atoms with E-state index in [1.165, 1.54) is 5.56 Å². The third-order valence-electron chi connectivity index (χ3n) is 4.21. The second kappa shape index (κ2) is 5.55. The smallest absolute Gasteiger partial charge is 0.101 e. The van der Waals surface area contributed by atoms with Gasteiger partial charge < -0.3 is 5.73 Å². The molecule has 0 fully saturated rings. The van der Waals surface area contributed by atoms with E-state index in [0.29, 0.717) is 11.3 Å². The first-order valence-corrected chi connectivity index (χ1v) is 7.21. The van der Waals surface area contributed by atoms with Crippen molar-refractivity contribution in [1.82, 2.24) is 9.88 Å². The molecule has 0 radical (unpaired) electrons. The molecule has 1 aliphatic heterocycles. The summed E-state index contributed by atoms with van der Waals surface area (Å²) in [6.07, 6.45) is 4.54. The molecule has 1 aromatic carbocycles. The van der Waals surface area contributed by atoms with Gasteiger partial charge >= 0.3 is 0 Å². The minimum absolute atomic E-state index is 0.568. The molecular formula is C17H18N4. The van der Waals surface area contributed by atoms with Crippen LogP contribution in [0.2, 0.25) is 0 Å². The summed E-state index contributed by atoms with van der Waals surface area (Å²) in [6, 6.07) is 8.12. The summed E-state index contributed by atoms with van der Waals surface area (Å²) >= 11 is 0. The lowest BCUT2D eigenvalue weighted by molar-refractivity contribution is 0.269. The first kappa shape index (κ1) is 13.6. The number of nitriles is 1. The van der Waals surface area contributed by atoms with Crippen LogP contribution in [-0.2, 0) is 13.0 Å². The molecule has 1 aromatic heterocycles. The van der Waals surface area contributed by atoms with E-state index in [2.05, 4.69) is 22.9 Å². The molecule has 2 aromatic rings. The Labute approximate surface area is 124 Å². The molecule has 21 heavy (non-hydrogen) atoms. The Morgan fingerprint density at radius 2 is 2.10 bits per heavy atom. The quantitative estimate of drug-likeness (QED) is 0.857. The van der Waals surface area contributed by atoms with Crippen molar-refractivity contribution < 1.29 is 0 Å². The number of nitrogen functional groups attached to an aromatic ring is 1. The van der Waals surface area contributed by atoms with E-state index >= 15 is 0 Å². The number of likely N-dealkylation sites (N-methyl/N-ethyl adjacent to an activating group) is 1. The maximum atomic E-state index is 9.36. The molecule has 0 spiro atoms. The number of fused-ring (bicyclic) bond motifs is 1. The largest absolute Gasteiger partial charge is 0.397 e. The second-order valence-electron chi connectivity index (χ2n) is 5.31. The molecule has 4 nitrogen and oxygen atoms in total. The summed E-state index contributed by atoms with van der Waals surface area (Å²) in [4.78, 5) is 6.43. The summed E-state index contributed by atoms with van der Waals surface area (Å²) < 4.78 is 0. The third-order valence-corrected chi connectivity index (χ3v) is 4.21. The molecule has 0 saturated heterocycles. The van der Waals surface area contributed by atoms with Gasteiger partial charge in [-0.05, 0) is 53.4 Å². The third kappa shape index (κ3) is 2.37. The number of rotatable bonds is 2. The van der Waals surface area contributed by atoms with Gasteiger partial charge in [0.15, 0.2) is 0 Å². The Hall–Kier alpha value is -2.38. The molecule has 0 bridgehead atoms. The Bertz CT molecular complexity index is 701. The second-order valence-corrected chi connectivity index (χ2v) is 5.31. The van der Waals surface area contributed by atoms with Gasteiger partial charge in [0.05, 0.1) is 11.3 Å². The van der Waals surface area contributed by atoms with Gasteiger partial charge in [-0.1, -0.05) is 6.92 Å². The maximum Gasteiger partial charge on any atom is 0.101 e. The highest BCUT2D eigenvalue weighted by Gasteiger charge is 2.23. The number of hydrogen-bond acceptors (Lipinski definition) is 4. The fraction of sp³-hybridized carbons (Fsp3) is 0.294. The van der Waals surface area contributed by atoms with Crippen molar-refractivity contribution in [1.29, 1.82) is 5.26 Å². The molecule has 3 rings (SSSR count). The predicted molar refractivity (Wildman–Crippen MR) is 83.5 cm³/mol. The normalized spacial score (nSPS) is 14.5. The van der Waals surface area contributed by atoms with Crippen LogP contribution < -0.4 is 5.73 Å². The predicted octanol–water partition coefficient (Wildman–Crippen LogP) is 2.58. The zero-order valence-electron chi connectivity index (χ0n) is 12.1. The van der Waals surface area contributed by atoms with Gasteiger partial charge in [0.1, 0.15) is 6.07 Å². The molecule has 106 valence electrons. The molecule has 0 unspecified atom stereocenters. The van der Waals surface area contributed by atoms with E-state index in [9.17, 15) is 5.26 Å². The Morgan fingerprint density at radius 1 is 1.33 bits per heavy atom. The fourth-order valence-corrected chi connectivity index (χ4v) is 2.99. The van der Waals surface area contributed by atoms with Crippen molar-refractivity contribution in [3.8, 4) is 17.2 Å². The van der Waals surface area contributed by atoms with Crippen molar-refractivity contribution in [2.75, 3.05) is 18.8 Å². The Balaban J connectivity index is 2.21. The highest BCUT2D eigenvalue weighted by atomic mass is 15.1. The van der Waals surface area contributed by atoms with Crippen LogP contribution in [0.4, 0.5) is 5.69 Å². The highest BCUT2D eigenvalue weighted by Crippen LogP contribution is 2.35. The molecule has 4 heteroatoms. The zero-order chi connectivity index (χ0) is 14.8. The summed E-state index contributed by atoms with van der Waals surface area (Å²) in [6.45, 7) is 5.01. The average molecular weight is 278 g/mol. The summed E-state index contributed by atoms with van der Waals surface area (Å²) in [7, 11) is 0. The number of nitrogens with two attached hydrogens (primary N) is 1. The zero-order valence-corrected chi connectivity index (χ0v) is 12.1. The van der Waals surface area contributed by atoms with Gasteiger partial charge in [-0.3, -0.25) is 9.88 Å². The summed E-state index contributed by atoms with van der Waals surface area (Å²) in [5, 5.41) is 9.36. The first-order chi connectivity index (χ1) is 10.2. The van der Waals surface area contributed by atoms with Crippen LogP contribution in [0.3, 0.4) is 0 Å². The lowest BCUT2D eigenvalue weighted by Gasteiger charge is -2.30. The van der Waals surface area contributed by atoms with E-state index in [0.717, 1.165) is 42.7 Å². The minimum Gasteiger partial charge on any atom is -0.397 e. The topological polar surface area (TPSA) is 65.9 Å². The lowest BCUT2D eigenvalue weighted by atomic mass is 9.87. The van der Waals surface area contributed by atoms with Crippen LogP contribution in [0.15, 0.2) is 30.6 Å². The van der Waals surface area contributed by atoms with E-state index in [-0.39, 0.29) is 0 Å². The van der Waals surface area contributed by atoms with E-state index < -0.39 is 0 Å². The van der Waals surface area contributed by atoms with E-state index in [1.807, 2.05) is 18.2 Å². The van der Waals surface area contributed by atoms with Crippen LogP contribution >= 0.6 is 0 Å². The molecule has 1 aliphatic rings. The summed E-state index contributed by atoms with van der Waals surface area (Å²) in [5.41, 5.74) is 12.0. The van der Waals surface area contributed by atoms with Crippen molar-refractivity contribution in [3.05, 3.63) is 47.3 Å². The highest BCUT2D eigenvalue weighted by molar-refractivity contribution is 5.77. The van der Waals surface area contributed by atoms with Gasteiger partial charge in [-0.25, -0.2) is 0 Å². The number of pyridine rings is 1. The van der Waals surface area contributed by atoms with Crippen LogP contribution in [0.1, 0.15) is 23.6 Å². The van der Waals surface area contributed by atoms with Gasteiger partial charge in [0, 0.05) is 25.5 Å². The van der Waals surface area contributed by atoms with Crippen LogP contribution in [0.25, 0.3) is 11.1 Å². The van der Waals surface area contributed by atoms with Gasteiger partial charge in [-0.2, -0.15) is 5.26 Å². The van der Waals surface area contributed by atoms with Gasteiger partial charge in [0.25, 0.3) is 0 Å². The van der Waals surface area contributed by atoms with Crippen molar-refractivity contribution in [2.45, 2.75) is 19.9 Å². The Morgan fingerprint density at radius 3 is 2.76 bits per heavy atom. The molecule has 2 heterocycles. The van der Waals surface area contributed by atoms with Gasteiger partial charge in [-0.15, -0.1) is 0 Å². The minimum atomic E-state index is 0.568. The molecule has 2 N–H and O–H groups in total. The number of anilines is 1. The number of aromatic nitrogens is 1. The number of nitrogens with zero attached hydrogens (tertiary/aromatic N) is 3. The van der Waals surface area contributed by atoms with Crippen LogP contribution in [0.5, 0.6) is 0 Å². The van der Waals surface area contributed by atoms with E-state index in [1.54, 1.807) is 12.4 Å². The number of benzene rings is 1. The maximum absolute atomic E-state index is 9.36. The molecular weight excluding hydrogens is 260 g/mol. The van der Waals surface area contributed by atoms with Crippen molar-refractivity contribution in [2.24, 2.45) is 0 Å². The fourth-order valence-electron chi connectivity index (χ4n) is 2.99. The standard InChI is InChI=1S/C17H18N4/c1-2-21-8-5-14-15(12-3-6-20-7-4-12)9-13(10-18)17(19)16(14)11-21/h3-4,6-7,9H,2,5,8,11,19H2,1H3. The van der Waals surface area contributed by atoms with Crippen LogP contribution in [-0.4, -0.2) is 23.0 Å². The molecule has 0 amide bonds. The van der Waals surface area contributed by atoms with E-state index in [4.69, 9.17) is 5.73 Å². The average Bonchev–Trinajstić information content (AvgIpc) is 2.56. The van der Waals surface area contributed by atoms with Crippen LogP contribution in [0, 0.1) is 11.3 Å². The monoisotopic (exact) mass is 278 g/mol. The molecule has 0 atom stereocenters. The first-order valence-electron chi connectivity index (χ1n) is 7.21. The SMILES string of the molecule is CCN1CCc2c(-c3ccncc3)cc(C#N)c(N)c2C1. The Kier molecular flexibility index (Phi) is 3.59. The van der Waals surface area contributed by atoms with Crippen molar-refractivity contribution >= 4 is 5.69 Å². The number of hydrogen-bond donors (Lipinski definition) is 1. The van der Waals surface area contributed by atoms with Gasteiger partial charge in [0.2, 0.25) is 0 Å².